The Labute approximate surface area is 211 Å². The monoisotopic (exact) mass is 513 g/mol. The number of furan rings is 1. The number of nitrogens with one attached hydrogen (secondary N) is 1. The van der Waals surface area contributed by atoms with Crippen molar-refractivity contribution in [2.75, 3.05) is 12.4 Å². The van der Waals surface area contributed by atoms with Gasteiger partial charge in [0, 0.05) is 21.8 Å². The molecule has 0 spiro atoms. The van der Waals surface area contributed by atoms with Crippen molar-refractivity contribution in [3.8, 4) is 5.75 Å². The Hall–Kier alpha value is -3.75. The molecule has 180 valence electrons. The van der Waals surface area contributed by atoms with Crippen LogP contribution >= 0.6 is 23.2 Å². The summed E-state index contributed by atoms with van der Waals surface area (Å²) in [5.41, 5.74) is 2.12. The maximum absolute atomic E-state index is 12.6. The zero-order valence-electron chi connectivity index (χ0n) is 18.9. The Morgan fingerprint density at radius 3 is 2.54 bits per heavy atom. The molecule has 2 aromatic heterocycles. The van der Waals surface area contributed by atoms with Crippen molar-refractivity contribution in [1.82, 2.24) is 9.78 Å². The van der Waals surface area contributed by atoms with Crippen LogP contribution in [0.5, 0.6) is 5.75 Å². The minimum absolute atomic E-state index is 0.112. The van der Waals surface area contributed by atoms with Crippen molar-refractivity contribution in [2.24, 2.45) is 0 Å². The molecule has 8 nitrogen and oxygen atoms in total. The lowest BCUT2D eigenvalue weighted by Gasteiger charge is -2.07. The molecule has 2 aromatic carbocycles. The van der Waals surface area contributed by atoms with Gasteiger partial charge in [0.05, 0.1) is 19.2 Å². The van der Waals surface area contributed by atoms with Gasteiger partial charge in [0.25, 0.3) is 5.91 Å². The largest absolute Gasteiger partial charge is 0.486 e. The lowest BCUT2D eigenvalue weighted by molar-refractivity contribution is 0.0600. The van der Waals surface area contributed by atoms with Gasteiger partial charge >= 0.3 is 5.97 Å². The van der Waals surface area contributed by atoms with Gasteiger partial charge in [0.15, 0.2) is 11.6 Å². The van der Waals surface area contributed by atoms with E-state index >= 15 is 0 Å². The number of carbonyl (C=O) groups excluding carboxylic acids is 2. The molecule has 0 radical (unpaired) electrons. The van der Waals surface area contributed by atoms with Crippen molar-refractivity contribution in [1.29, 1.82) is 0 Å². The number of halogens is 2. The van der Waals surface area contributed by atoms with E-state index in [1.54, 1.807) is 59.3 Å². The molecular formula is C25H21Cl2N3O5. The second-order valence-electron chi connectivity index (χ2n) is 7.59. The van der Waals surface area contributed by atoms with Crippen LogP contribution in [-0.2, 0) is 17.9 Å². The van der Waals surface area contributed by atoms with Gasteiger partial charge in [-0.1, -0.05) is 29.3 Å². The second-order valence-corrected chi connectivity index (χ2v) is 8.43. The van der Waals surface area contributed by atoms with Crippen LogP contribution in [0.3, 0.4) is 0 Å². The van der Waals surface area contributed by atoms with Gasteiger partial charge in [-0.2, -0.15) is 5.10 Å². The van der Waals surface area contributed by atoms with Crippen molar-refractivity contribution < 1.29 is 23.5 Å². The molecule has 2 heterocycles. The van der Waals surface area contributed by atoms with Crippen LogP contribution in [0.1, 0.15) is 37.9 Å². The van der Waals surface area contributed by atoms with E-state index in [4.69, 9.17) is 32.4 Å². The smallest absolute Gasteiger partial charge is 0.337 e. The topological polar surface area (TPSA) is 95.6 Å². The van der Waals surface area contributed by atoms with Gasteiger partial charge in [-0.15, -0.1) is 0 Å². The van der Waals surface area contributed by atoms with Gasteiger partial charge < -0.3 is 19.2 Å². The SMILES string of the molecule is COC(=O)c1ccc(OCc2ccc(C(=O)Nc3cc(C)n(Cc4ccc(Cl)cc4Cl)n3)o2)cc1. The molecular weight excluding hydrogens is 493 g/mol. The lowest BCUT2D eigenvalue weighted by Crippen LogP contribution is -2.12. The van der Waals surface area contributed by atoms with Crippen LogP contribution in [0.15, 0.2) is 65.1 Å². The highest BCUT2D eigenvalue weighted by molar-refractivity contribution is 6.35. The number of aryl methyl sites for hydroxylation is 1. The molecule has 0 aliphatic rings. The summed E-state index contributed by atoms with van der Waals surface area (Å²) in [6, 6.07) is 16.8. The van der Waals surface area contributed by atoms with Crippen LogP contribution in [0.25, 0.3) is 0 Å². The quantitative estimate of drug-likeness (QED) is 0.301. The number of anilines is 1. The predicted molar refractivity (Wildman–Crippen MR) is 131 cm³/mol. The first-order chi connectivity index (χ1) is 16.8. The molecule has 0 atom stereocenters. The van der Waals surface area contributed by atoms with Crippen molar-refractivity contribution in [3.63, 3.8) is 0 Å². The van der Waals surface area contributed by atoms with Crippen LogP contribution in [0.4, 0.5) is 5.82 Å². The standard InChI is InChI=1S/C25H21Cl2N3O5/c1-15-11-23(29-30(15)13-17-3-6-18(26)12-21(17)27)28-24(31)22-10-9-20(35-22)14-34-19-7-4-16(5-8-19)25(32)33-2/h3-12H,13-14H2,1-2H3,(H,28,29,31). The molecule has 1 amide bonds. The number of aromatic nitrogens is 2. The third-order valence-corrected chi connectivity index (χ3v) is 5.69. The zero-order valence-corrected chi connectivity index (χ0v) is 20.4. The average Bonchev–Trinajstić information content (AvgIpc) is 3.46. The number of ether oxygens (including phenoxy) is 2. The number of methoxy groups -OCH3 is 1. The van der Waals surface area contributed by atoms with Gasteiger partial charge in [-0.25, -0.2) is 4.79 Å². The summed E-state index contributed by atoms with van der Waals surface area (Å²) >= 11 is 12.2. The number of benzene rings is 2. The fraction of sp³-hybridized carbons (Fsp3) is 0.160. The molecule has 0 aliphatic carbocycles. The first-order valence-corrected chi connectivity index (χ1v) is 11.3. The predicted octanol–water partition coefficient (Wildman–Crippen LogP) is 5.76. The highest BCUT2D eigenvalue weighted by atomic mass is 35.5. The van der Waals surface area contributed by atoms with Gasteiger partial charge in [0.1, 0.15) is 18.1 Å². The number of esters is 1. The van der Waals surface area contributed by atoms with Gasteiger partial charge in [0.2, 0.25) is 0 Å². The molecule has 1 N–H and O–H groups in total. The van der Waals surface area contributed by atoms with Crippen LogP contribution < -0.4 is 10.1 Å². The molecule has 0 bridgehead atoms. The minimum Gasteiger partial charge on any atom is -0.486 e. The maximum atomic E-state index is 12.6. The summed E-state index contributed by atoms with van der Waals surface area (Å²) in [5, 5.41) is 8.27. The number of nitrogens with zero attached hydrogens (tertiary/aromatic N) is 2. The summed E-state index contributed by atoms with van der Waals surface area (Å²) in [6.07, 6.45) is 0. The molecule has 35 heavy (non-hydrogen) atoms. The summed E-state index contributed by atoms with van der Waals surface area (Å²) in [7, 11) is 1.32. The van der Waals surface area contributed by atoms with Gasteiger partial charge in [-0.05, 0) is 61.0 Å². The summed E-state index contributed by atoms with van der Waals surface area (Å²) in [6.45, 7) is 2.42. The third-order valence-electron chi connectivity index (χ3n) is 5.10. The lowest BCUT2D eigenvalue weighted by atomic mass is 10.2. The van der Waals surface area contributed by atoms with E-state index in [2.05, 4.69) is 15.2 Å². The second kappa shape index (κ2) is 10.7. The van der Waals surface area contributed by atoms with Crippen LogP contribution in [0, 0.1) is 6.92 Å². The third kappa shape index (κ3) is 6.03. The molecule has 0 fully saturated rings. The highest BCUT2D eigenvalue weighted by Gasteiger charge is 2.15. The first-order valence-electron chi connectivity index (χ1n) is 10.5. The normalized spacial score (nSPS) is 10.7. The van der Waals surface area contributed by atoms with E-state index in [0.717, 1.165) is 11.3 Å². The molecule has 0 saturated heterocycles. The average molecular weight is 514 g/mol. The Balaban J connectivity index is 1.35. The van der Waals surface area contributed by atoms with E-state index in [1.807, 2.05) is 13.0 Å². The number of carbonyl (C=O) groups is 2. The first kappa shape index (κ1) is 24.4. The molecule has 10 heteroatoms. The van der Waals surface area contributed by atoms with E-state index in [9.17, 15) is 9.59 Å². The minimum atomic E-state index is -0.437. The summed E-state index contributed by atoms with van der Waals surface area (Å²) in [5.74, 6) is 0.656. The van der Waals surface area contributed by atoms with Crippen molar-refractivity contribution in [3.05, 3.63) is 99.1 Å². The number of hydrogen-bond donors (Lipinski definition) is 1. The molecule has 0 unspecified atom stereocenters. The molecule has 0 aliphatic heterocycles. The Morgan fingerprint density at radius 1 is 1.06 bits per heavy atom. The Morgan fingerprint density at radius 2 is 1.83 bits per heavy atom. The zero-order chi connectivity index (χ0) is 24.9. The number of rotatable bonds is 8. The summed E-state index contributed by atoms with van der Waals surface area (Å²) < 4.78 is 17.7. The Kier molecular flexibility index (Phi) is 7.43. The highest BCUT2D eigenvalue weighted by Crippen LogP contribution is 2.23. The van der Waals surface area contributed by atoms with E-state index in [-0.39, 0.29) is 12.4 Å². The number of hydrogen-bond acceptors (Lipinski definition) is 6. The van der Waals surface area contributed by atoms with E-state index in [1.165, 1.54) is 7.11 Å². The Bertz CT molecular complexity index is 1360. The number of amides is 1. The maximum Gasteiger partial charge on any atom is 0.337 e. The summed E-state index contributed by atoms with van der Waals surface area (Å²) in [4.78, 5) is 24.1. The van der Waals surface area contributed by atoms with Crippen molar-refractivity contribution in [2.45, 2.75) is 20.1 Å². The van der Waals surface area contributed by atoms with Crippen LogP contribution in [0.2, 0.25) is 10.0 Å². The molecule has 4 rings (SSSR count). The van der Waals surface area contributed by atoms with Crippen molar-refractivity contribution >= 4 is 40.9 Å². The van der Waals surface area contributed by atoms with Crippen LogP contribution in [-0.4, -0.2) is 28.8 Å². The van der Waals surface area contributed by atoms with Gasteiger partial charge in [-0.3, -0.25) is 9.48 Å². The fourth-order valence-electron chi connectivity index (χ4n) is 3.26. The van der Waals surface area contributed by atoms with E-state index < -0.39 is 11.9 Å². The van der Waals surface area contributed by atoms with E-state index in [0.29, 0.717) is 39.5 Å². The fourth-order valence-corrected chi connectivity index (χ4v) is 3.73. The molecule has 0 saturated carbocycles. The molecule has 4 aromatic rings.